The van der Waals surface area contributed by atoms with E-state index in [-0.39, 0.29) is 21.7 Å². The van der Waals surface area contributed by atoms with E-state index in [1.807, 2.05) is 0 Å². The predicted octanol–water partition coefficient (Wildman–Crippen LogP) is 3.37. The Hall–Kier alpha value is -4.37. The standard InChI is InChI=1S/C22H13ClN6O3/c23-18-6-1-2-7-19(18)29-21(31)16-9-8-13(10-17(16)22(29)32)20(30)25-14-4-3-5-15(11-14)28-12-24-26-27-28/h1-12H,(H,25,30). The maximum absolute atomic E-state index is 13.0. The van der Waals surface area contributed by atoms with Crippen LogP contribution in [0.2, 0.25) is 5.02 Å². The Bertz CT molecular complexity index is 1390. The first-order valence-corrected chi connectivity index (χ1v) is 9.83. The summed E-state index contributed by atoms with van der Waals surface area (Å²) in [6, 6.07) is 17.9. The van der Waals surface area contributed by atoms with Gasteiger partial charge in [0.05, 0.1) is 27.5 Å². The number of carbonyl (C=O) groups is 3. The van der Waals surface area contributed by atoms with Gasteiger partial charge in [0, 0.05) is 11.3 Å². The number of imide groups is 1. The summed E-state index contributed by atoms with van der Waals surface area (Å²) in [6.45, 7) is 0. The fourth-order valence-electron chi connectivity index (χ4n) is 3.44. The molecular weight excluding hydrogens is 432 g/mol. The lowest BCUT2D eigenvalue weighted by atomic mass is 10.1. The SMILES string of the molecule is O=C(Nc1cccc(-n2cnnn2)c1)c1ccc2c(c1)C(=O)N(c1ccccc1Cl)C2=O. The molecule has 1 aromatic heterocycles. The molecule has 0 unspecified atom stereocenters. The van der Waals surface area contributed by atoms with Gasteiger partial charge in [0.25, 0.3) is 17.7 Å². The van der Waals surface area contributed by atoms with Gasteiger partial charge in [-0.3, -0.25) is 14.4 Å². The van der Waals surface area contributed by atoms with Crippen molar-refractivity contribution in [3.63, 3.8) is 0 Å². The highest BCUT2D eigenvalue weighted by atomic mass is 35.5. The lowest BCUT2D eigenvalue weighted by Gasteiger charge is -2.15. The van der Waals surface area contributed by atoms with Crippen molar-refractivity contribution >= 4 is 40.7 Å². The Morgan fingerprint density at radius 2 is 1.72 bits per heavy atom. The Kier molecular flexibility index (Phi) is 4.72. The molecule has 156 valence electrons. The van der Waals surface area contributed by atoms with Crippen molar-refractivity contribution in [2.75, 3.05) is 10.2 Å². The first-order chi connectivity index (χ1) is 15.5. The smallest absolute Gasteiger partial charge is 0.266 e. The Labute approximate surface area is 186 Å². The molecule has 1 N–H and O–H groups in total. The van der Waals surface area contributed by atoms with Crippen LogP contribution < -0.4 is 10.2 Å². The van der Waals surface area contributed by atoms with E-state index in [1.165, 1.54) is 29.2 Å². The number of para-hydroxylation sites is 1. The minimum Gasteiger partial charge on any atom is -0.322 e. The average Bonchev–Trinajstić information content (AvgIpc) is 3.42. The van der Waals surface area contributed by atoms with E-state index in [0.29, 0.717) is 17.1 Å². The van der Waals surface area contributed by atoms with E-state index in [1.54, 1.807) is 48.5 Å². The van der Waals surface area contributed by atoms with E-state index in [0.717, 1.165) is 4.90 Å². The zero-order valence-corrected chi connectivity index (χ0v) is 17.0. The number of tetrazole rings is 1. The average molecular weight is 445 g/mol. The summed E-state index contributed by atoms with van der Waals surface area (Å²) in [6.07, 6.45) is 1.44. The van der Waals surface area contributed by atoms with E-state index < -0.39 is 17.7 Å². The van der Waals surface area contributed by atoms with Crippen LogP contribution in [-0.4, -0.2) is 37.9 Å². The third kappa shape index (κ3) is 3.30. The van der Waals surface area contributed by atoms with Crippen molar-refractivity contribution in [3.8, 4) is 5.69 Å². The molecule has 0 bridgehead atoms. The maximum Gasteiger partial charge on any atom is 0.266 e. The lowest BCUT2D eigenvalue weighted by Crippen LogP contribution is -2.29. The largest absolute Gasteiger partial charge is 0.322 e. The molecule has 5 rings (SSSR count). The van der Waals surface area contributed by atoms with Crippen LogP contribution in [0.25, 0.3) is 5.69 Å². The summed E-state index contributed by atoms with van der Waals surface area (Å²) < 4.78 is 1.46. The zero-order valence-electron chi connectivity index (χ0n) is 16.3. The fourth-order valence-corrected chi connectivity index (χ4v) is 3.66. The highest BCUT2D eigenvalue weighted by Crippen LogP contribution is 2.33. The van der Waals surface area contributed by atoms with Gasteiger partial charge in [0.15, 0.2) is 0 Å². The molecule has 0 fully saturated rings. The molecule has 0 radical (unpaired) electrons. The number of benzene rings is 3. The van der Waals surface area contributed by atoms with Crippen molar-refractivity contribution < 1.29 is 14.4 Å². The molecule has 32 heavy (non-hydrogen) atoms. The number of hydrogen-bond acceptors (Lipinski definition) is 6. The number of hydrogen-bond donors (Lipinski definition) is 1. The van der Waals surface area contributed by atoms with Crippen LogP contribution in [0.5, 0.6) is 0 Å². The minimum absolute atomic E-state index is 0.144. The Morgan fingerprint density at radius 1 is 0.906 bits per heavy atom. The highest BCUT2D eigenvalue weighted by molar-refractivity contribution is 6.40. The van der Waals surface area contributed by atoms with Crippen molar-refractivity contribution in [2.24, 2.45) is 0 Å². The molecule has 1 aliphatic heterocycles. The van der Waals surface area contributed by atoms with E-state index in [9.17, 15) is 14.4 Å². The number of fused-ring (bicyclic) bond motifs is 1. The summed E-state index contributed by atoms with van der Waals surface area (Å²) in [7, 11) is 0. The molecule has 0 aliphatic carbocycles. The molecule has 9 nitrogen and oxygen atoms in total. The second-order valence-corrected chi connectivity index (χ2v) is 7.32. The highest BCUT2D eigenvalue weighted by Gasteiger charge is 2.38. The van der Waals surface area contributed by atoms with Gasteiger partial charge in [-0.25, -0.2) is 9.58 Å². The van der Waals surface area contributed by atoms with E-state index in [4.69, 9.17) is 11.6 Å². The molecule has 2 heterocycles. The number of halogens is 1. The van der Waals surface area contributed by atoms with Gasteiger partial charge in [0.2, 0.25) is 0 Å². The van der Waals surface area contributed by atoms with E-state index in [2.05, 4.69) is 20.8 Å². The molecule has 1 aliphatic rings. The maximum atomic E-state index is 13.0. The number of rotatable bonds is 4. The van der Waals surface area contributed by atoms with Crippen molar-refractivity contribution in [2.45, 2.75) is 0 Å². The molecule has 0 atom stereocenters. The quantitative estimate of drug-likeness (QED) is 0.483. The fraction of sp³-hybridized carbons (Fsp3) is 0. The molecule has 4 aromatic rings. The Balaban J connectivity index is 1.42. The van der Waals surface area contributed by atoms with Gasteiger partial charge >= 0.3 is 0 Å². The monoisotopic (exact) mass is 444 g/mol. The topological polar surface area (TPSA) is 110 Å². The van der Waals surface area contributed by atoms with Crippen LogP contribution in [0.1, 0.15) is 31.1 Å². The summed E-state index contributed by atoms with van der Waals surface area (Å²) in [5, 5.41) is 14.1. The summed E-state index contributed by atoms with van der Waals surface area (Å²) in [5.41, 5.74) is 2.07. The second-order valence-electron chi connectivity index (χ2n) is 6.92. The molecule has 3 amide bonds. The van der Waals surface area contributed by atoms with Crippen LogP contribution in [0.3, 0.4) is 0 Å². The second kappa shape index (κ2) is 7.71. The van der Waals surface area contributed by atoms with Gasteiger partial charge in [-0.05, 0) is 59.0 Å². The molecule has 10 heteroatoms. The summed E-state index contributed by atoms with van der Waals surface area (Å²) in [4.78, 5) is 39.6. The van der Waals surface area contributed by atoms with E-state index >= 15 is 0 Å². The lowest BCUT2D eigenvalue weighted by molar-refractivity contribution is 0.0925. The summed E-state index contributed by atoms with van der Waals surface area (Å²) >= 11 is 6.18. The Morgan fingerprint density at radius 3 is 2.50 bits per heavy atom. The molecule has 0 spiro atoms. The van der Waals surface area contributed by atoms with Gasteiger partial charge in [-0.2, -0.15) is 0 Å². The number of aromatic nitrogens is 4. The number of amides is 3. The van der Waals surface area contributed by atoms with Gasteiger partial charge in [-0.15, -0.1) is 5.10 Å². The first-order valence-electron chi connectivity index (χ1n) is 9.45. The van der Waals surface area contributed by atoms with Crippen molar-refractivity contribution in [1.29, 1.82) is 0 Å². The molecular formula is C22H13ClN6O3. The van der Waals surface area contributed by atoms with Crippen LogP contribution >= 0.6 is 11.6 Å². The number of nitrogens with zero attached hydrogens (tertiary/aromatic N) is 5. The molecule has 0 saturated heterocycles. The first kappa shape index (κ1) is 19.6. The van der Waals surface area contributed by atoms with Crippen molar-refractivity contribution in [1.82, 2.24) is 20.2 Å². The normalized spacial score (nSPS) is 12.7. The molecule has 3 aromatic carbocycles. The number of nitrogens with one attached hydrogen (secondary N) is 1. The molecule has 0 saturated carbocycles. The van der Waals surface area contributed by atoms with Crippen LogP contribution in [0.4, 0.5) is 11.4 Å². The zero-order chi connectivity index (χ0) is 22.2. The minimum atomic E-state index is -0.534. The number of carbonyl (C=O) groups excluding carboxylic acids is 3. The van der Waals surface area contributed by atoms with Crippen LogP contribution in [0.15, 0.2) is 73.1 Å². The van der Waals surface area contributed by atoms with Crippen molar-refractivity contribution in [3.05, 3.63) is 94.8 Å². The van der Waals surface area contributed by atoms with Gasteiger partial charge in [0.1, 0.15) is 6.33 Å². The third-order valence-electron chi connectivity index (χ3n) is 4.96. The summed E-state index contributed by atoms with van der Waals surface area (Å²) in [5.74, 6) is -1.45. The van der Waals surface area contributed by atoms with Gasteiger partial charge in [-0.1, -0.05) is 29.8 Å². The number of anilines is 2. The van der Waals surface area contributed by atoms with Crippen LogP contribution in [0, 0.1) is 0 Å². The van der Waals surface area contributed by atoms with Crippen LogP contribution in [-0.2, 0) is 0 Å². The van der Waals surface area contributed by atoms with Gasteiger partial charge < -0.3 is 5.32 Å². The predicted molar refractivity (Wildman–Crippen MR) is 116 cm³/mol. The third-order valence-corrected chi connectivity index (χ3v) is 5.28.